The quantitative estimate of drug-likeness (QED) is 0.659. The van der Waals surface area contributed by atoms with Gasteiger partial charge in [-0.25, -0.2) is 9.59 Å². The molecule has 7 nitrogen and oxygen atoms in total. The van der Waals surface area contributed by atoms with Crippen LogP contribution in [0.4, 0.5) is 10.5 Å². The molecule has 2 rings (SSSR count). The highest BCUT2D eigenvalue weighted by molar-refractivity contribution is 6.00. The van der Waals surface area contributed by atoms with Gasteiger partial charge in [-0.3, -0.25) is 4.79 Å². The first-order chi connectivity index (χ1) is 10.2. The van der Waals surface area contributed by atoms with Crippen LogP contribution in [0.5, 0.6) is 0 Å². The molecular formula is C14H17N3O4. The Morgan fingerprint density at radius 3 is 2.48 bits per heavy atom. The minimum absolute atomic E-state index is 0.295. The third-order valence-corrected chi connectivity index (χ3v) is 3.32. The van der Waals surface area contributed by atoms with E-state index in [0.29, 0.717) is 37.4 Å². The van der Waals surface area contributed by atoms with E-state index in [2.05, 4.69) is 10.1 Å². The highest BCUT2D eigenvalue weighted by atomic mass is 16.5. The molecule has 7 heteroatoms. The Bertz CT molecular complexity index is 539. The van der Waals surface area contributed by atoms with E-state index in [9.17, 15) is 14.4 Å². The summed E-state index contributed by atoms with van der Waals surface area (Å²) in [5.41, 5.74) is 0.715. The van der Waals surface area contributed by atoms with Gasteiger partial charge >= 0.3 is 12.0 Å². The van der Waals surface area contributed by atoms with E-state index in [4.69, 9.17) is 0 Å². The fourth-order valence-corrected chi connectivity index (χ4v) is 2.10. The molecule has 0 aromatic heterocycles. The largest absolute Gasteiger partial charge is 0.465 e. The van der Waals surface area contributed by atoms with Crippen LogP contribution in [-0.4, -0.2) is 61.5 Å². The molecule has 3 amide bonds. The van der Waals surface area contributed by atoms with Crippen molar-refractivity contribution in [3.05, 3.63) is 29.8 Å². The summed E-state index contributed by atoms with van der Waals surface area (Å²) in [5, 5.41) is 2.71. The van der Waals surface area contributed by atoms with Gasteiger partial charge in [0.15, 0.2) is 0 Å². The van der Waals surface area contributed by atoms with Gasteiger partial charge in [-0.15, -0.1) is 0 Å². The van der Waals surface area contributed by atoms with Crippen LogP contribution in [0.1, 0.15) is 10.4 Å². The first-order valence-electron chi connectivity index (χ1n) is 6.58. The summed E-state index contributed by atoms with van der Waals surface area (Å²) in [5.74, 6) is -0.503. The molecule has 0 spiro atoms. The number of nitrogens with one attached hydrogen (secondary N) is 1. The summed E-state index contributed by atoms with van der Waals surface area (Å²) < 4.78 is 4.68. The molecule has 0 saturated carbocycles. The number of esters is 1. The van der Waals surface area contributed by atoms with Crippen molar-refractivity contribution in [3.63, 3.8) is 0 Å². The van der Waals surface area contributed by atoms with Gasteiger partial charge in [0.05, 0.1) is 18.4 Å². The van der Waals surface area contributed by atoms with Gasteiger partial charge in [0.25, 0.3) is 0 Å². The maximum atomic E-state index is 12.2. The molecule has 1 aliphatic heterocycles. The van der Waals surface area contributed by atoms with Crippen LogP contribution in [0.2, 0.25) is 0 Å². The average molecular weight is 291 g/mol. The molecule has 0 aliphatic carbocycles. The van der Waals surface area contributed by atoms with Crippen molar-refractivity contribution in [1.29, 1.82) is 0 Å². The van der Waals surface area contributed by atoms with Crippen LogP contribution in [0.3, 0.4) is 0 Å². The Labute approximate surface area is 122 Å². The minimum atomic E-state index is -0.503. The summed E-state index contributed by atoms with van der Waals surface area (Å²) in [6.45, 7) is 1.95. The monoisotopic (exact) mass is 291 g/mol. The number of anilines is 1. The predicted octanol–water partition coefficient (Wildman–Crippen LogP) is 0.779. The van der Waals surface area contributed by atoms with Crippen LogP contribution in [0.25, 0.3) is 0 Å². The normalized spacial score (nSPS) is 14.5. The fraction of sp³-hybridized carbons (Fsp3) is 0.357. The van der Waals surface area contributed by atoms with E-state index in [0.717, 1.165) is 6.41 Å². The number of carbonyl (C=O) groups excluding carboxylic acids is 3. The van der Waals surface area contributed by atoms with E-state index in [1.165, 1.54) is 7.11 Å². The van der Waals surface area contributed by atoms with Gasteiger partial charge in [-0.1, -0.05) is 12.1 Å². The maximum Gasteiger partial charge on any atom is 0.339 e. The van der Waals surface area contributed by atoms with Crippen molar-refractivity contribution < 1.29 is 19.1 Å². The van der Waals surface area contributed by atoms with E-state index in [1.807, 2.05) is 0 Å². The number of rotatable bonds is 3. The first-order valence-corrected chi connectivity index (χ1v) is 6.58. The minimum Gasteiger partial charge on any atom is -0.465 e. The van der Waals surface area contributed by atoms with Crippen molar-refractivity contribution in [2.24, 2.45) is 0 Å². The van der Waals surface area contributed by atoms with E-state index >= 15 is 0 Å². The summed E-state index contributed by atoms with van der Waals surface area (Å²) >= 11 is 0. The highest BCUT2D eigenvalue weighted by Gasteiger charge is 2.21. The average Bonchev–Trinajstić information content (AvgIpc) is 2.54. The molecule has 0 atom stereocenters. The van der Waals surface area contributed by atoms with Crippen LogP contribution in [0, 0.1) is 0 Å². The van der Waals surface area contributed by atoms with Crippen LogP contribution in [0.15, 0.2) is 24.3 Å². The molecule has 1 heterocycles. The third-order valence-electron chi connectivity index (χ3n) is 3.32. The zero-order valence-electron chi connectivity index (χ0n) is 11.7. The lowest BCUT2D eigenvalue weighted by Gasteiger charge is -2.32. The number of amides is 3. The molecule has 1 aromatic rings. The molecule has 0 bridgehead atoms. The number of hydrogen-bond acceptors (Lipinski definition) is 4. The molecule has 1 N–H and O–H groups in total. The van der Waals surface area contributed by atoms with Gasteiger partial charge in [0, 0.05) is 26.2 Å². The second kappa shape index (κ2) is 6.74. The summed E-state index contributed by atoms with van der Waals surface area (Å²) in [6, 6.07) is 6.37. The Kier molecular flexibility index (Phi) is 4.76. The SMILES string of the molecule is COC(=O)c1ccccc1NC(=O)N1CCN(C=O)CC1. The predicted molar refractivity (Wildman–Crippen MR) is 76.0 cm³/mol. The van der Waals surface area contributed by atoms with Gasteiger partial charge in [-0.2, -0.15) is 0 Å². The van der Waals surface area contributed by atoms with Gasteiger partial charge < -0.3 is 19.9 Å². The highest BCUT2D eigenvalue weighted by Crippen LogP contribution is 2.17. The van der Waals surface area contributed by atoms with Crippen LogP contribution < -0.4 is 5.32 Å². The van der Waals surface area contributed by atoms with E-state index < -0.39 is 5.97 Å². The second-order valence-electron chi connectivity index (χ2n) is 4.60. The second-order valence-corrected chi connectivity index (χ2v) is 4.60. The van der Waals surface area contributed by atoms with Crippen LogP contribution in [-0.2, 0) is 9.53 Å². The number of urea groups is 1. The Morgan fingerprint density at radius 2 is 1.86 bits per heavy atom. The number of ether oxygens (including phenoxy) is 1. The van der Waals surface area contributed by atoms with Crippen LogP contribution >= 0.6 is 0 Å². The molecule has 1 aliphatic rings. The summed E-state index contributed by atoms with van der Waals surface area (Å²) in [7, 11) is 1.29. The number of benzene rings is 1. The number of piperazine rings is 1. The molecule has 1 aromatic carbocycles. The van der Waals surface area contributed by atoms with Crippen molar-refractivity contribution in [3.8, 4) is 0 Å². The molecule has 1 saturated heterocycles. The lowest BCUT2D eigenvalue weighted by atomic mass is 10.2. The zero-order valence-corrected chi connectivity index (χ0v) is 11.7. The Balaban J connectivity index is 2.03. The molecule has 21 heavy (non-hydrogen) atoms. The van der Waals surface area contributed by atoms with Gasteiger partial charge in [-0.05, 0) is 12.1 Å². The van der Waals surface area contributed by atoms with Gasteiger partial charge in [0.1, 0.15) is 0 Å². The Hall–Kier alpha value is -2.57. The number of para-hydroxylation sites is 1. The van der Waals surface area contributed by atoms with Gasteiger partial charge in [0.2, 0.25) is 6.41 Å². The fourth-order valence-electron chi connectivity index (χ4n) is 2.10. The lowest BCUT2D eigenvalue weighted by Crippen LogP contribution is -2.49. The Morgan fingerprint density at radius 1 is 1.19 bits per heavy atom. The molecular weight excluding hydrogens is 274 g/mol. The van der Waals surface area contributed by atoms with Crippen molar-refractivity contribution in [2.75, 3.05) is 38.6 Å². The third kappa shape index (κ3) is 3.50. The molecule has 1 fully saturated rings. The molecule has 112 valence electrons. The number of nitrogens with zero attached hydrogens (tertiary/aromatic N) is 2. The maximum absolute atomic E-state index is 12.2. The van der Waals surface area contributed by atoms with Crippen molar-refractivity contribution in [2.45, 2.75) is 0 Å². The summed E-state index contributed by atoms with van der Waals surface area (Å²) in [6.07, 6.45) is 0.780. The topological polar surface area (TPSA) is 79.0 Å². The smallest absolute Gasteiger partial charge is 0.339 e. The van der Waals surface area contributed by atoms with Crippen molar-refractivity contribution >= 4 is 24.1 Å². The number of carbonyl (C=O) groups is 3. The lowest BCUT2D eigenvalue weighted by molar-refractivity contribution is -0.119. The van der Waals surface area contributed by atoms with E-state index in [-0.39, 0.29) is 6.03 Å². The first kappa shape index (κ1) is 14.8. The number of hydrogen-bond donors (Lipinski definition) is 1. The summed E-state index contributed by atoms with van der Waals surface area (Å²) in [4.78, 5) is 37.7. The zero-order chi connectivity index (χ0) is 15.2. The number of methoxy groups -OCH3 is 1. The standard InChI is InChI=1S/C14H17N3O4/c1-21-13(19)11-4-2-3-5-12(11)15-14(20)17-8-6-16(10-18)7-9-17/h2-5,10H,6-9H2,1H3,(H,15,20). The van der Waals surface area contributed by atoms with Crippen molar-refractivity contribution in [1.82, 2.24) is 9.80 Å². The molecule has 0 unspecified atom stereocenters. The van der Waals surface area contributed by atoms with E-state index in [1.54, 1.807) is 34.1 Å². The molecule has 0 radical (unpaired) electrons.